The van der Waals surface area contributed by atoms with Crippen LogP contribution >= 0.6 is 0 Å². The first kappa shape index (κ1) is 22.2. The number of hydrogen-bond donors (Lipinski definition) is 1. The molecule has 1 N–H and O–H groups in total. The van der Waals surface area contributed by atoms with Crippen molar-refractivity contribution < 1.29 is 14.3 Å². The van der Waals surface area contributed by atoms with Crippen LogP contribution in [0.1, 0.15) is 40.0 Å². The van der Waals surface area contributed by atoms with Gasteiger partial charge >= 0.3 is 0 Å². The number of carbonyl (C=O) groups excluding carboxylic acids is 1. The minimum atomic E-state index is -0.151. The standard InChI is InChI=1S/C28H28N2O3/c1-20-8-6-11-26(16-20)33-19-24-17-23(12-13-27(24)32-3)28(31)29-21(2)22-9-7-10-25(18-22)30-14-4-5-15-30/h4-18,21H,19H2,1-3H3,(H,29,31)/t21-/m0/s1. The Bertz CT molecular complexity index is 1230. The second kappa shape index (κ2) is 10.1. The van der Waals surface area contributed by atoms with Crippen molar-refractivity contribution in [2.45, 2.75) is 26.5 Å². The van der Waals surface area contributed by atoms with E-state index in [9.17, 15) is 4.79 Å². The van der Waals surface area contributed by atoms with Gasteiger partial charge in [0.05, 0.1) is 13.2 Å². The molecule has 3 aromatic carbocycles. The Morgan fingerprint density at radius 3 is 2.52 bits per heavy atom. The lowest BCUT2D eigenvalue weighted by Crippen LogP contribution is -2.26. The van der Waals surface area contributed by atoms with E-state index >= 15 is 0 Å². The maximum Gasteiger partial charge on any atom is 0.251 e. The number of aryl methyl sites for hydroxylation is 1. The monoisotopic (exact) mass is 440 g/mol. The molecule has 0 fully saturated rings. The highest BCUT2D eigenvalue weighted by Crippen LogP contribution is 2.24. The Balaban J connectivity index is 1.47. The molecule has 1 heterocycles. The molecule has 1 aromatic heterocycles. The fourth-order valence-corrected chi connectivity index (χ4v) is 3.72. The van der Waals surface area contributed by atoms with Gasteiger partial charge in [-0.1, -0.05) is 24.3 Å². The van der Waals surface area contributed by atoms with E-state index in [4.69, 9.17) is 9.47 Å². The topological polar surface area (TPSA) is 52.5 Å². The zero-order chi connectivity index (χ0) is 23.2. The summed E-state index contributed by atoms with van der Waals surface area (Å²) in [6.45, 7) is 4.31. The lowest BCUT2D eigenvalue weighted by Gasteiger charge is -2.17. The molecule has 0 unspecified atom stereocenters. The largest absolute Gasteiger partial charge is 0.496 e. The fraction of sp³-hybridized carbons (Fsp3) is 0.179. The Morgan fingerprint density at radius 2 is 1.76 bits per heavy atom. The van der Waals surface area contributed by atoms with E-state index in [-0.39, 0.29) is 11.9 Å². The third kappa shape index (κ3) is 5.44. The summed E-state index contributed by atoms with van der Waals surface area (Å²) in [6.07, 6.45) is 4.00. The van der Waals surface area contributed by atoms with Gasteiger partial charge < -0.3 is 19.4 Å². The van der Waals surface area contributed by atoms with Crippen LogP contribution in [0.2, 0.25) is 0 Å². The van der Waals surface area contributed by atoms with Crippen LogP contribution in [0.5, 0.6) is 11.5 Å². The van der Waals surface area contributed by atoms with Gasteiger partial charge in [0.25, 0.3) is 5.91 Å². The van der Waals surface area contributed by atoms with Gasteiger partial charge in [0, 0.05) is 29.2 Å². The van der Waals surface area contributed by atoms with Gasteiger partial charge in [-0.05, 0) is 79.6 Å². The van der Waals surface area contributed by atoms with Crippen molar-refractivity contribution in [1.82, 2.24) is 9.88 Å². The highest BCUT2D eigenvalue weighted by atomic mass is 16.5. The molecule has 5 nitrogen and oxygen atoms in total. The highest BCUT2D eigenvalue weighted by Gasteiger charge is 2.15. The number of aromatic nitrogens is 1. The number of nitrogens with zero attached hydrogens (tertiary/aromatic N) is 1. The molecule has 0 aliphatic carbocycles. The molecule has 4 rings (SSSR count). The quantitative estimate of drug-likeness (QED) is 0.373. The van der Waals surface area contributed by atoms with Crippen molar-refractivity contribution in [3.05, 3.63) is 114 Å². The van der Waals surface area contributed by atoms with Crippen LogP contribution in [-0.2, 0) is 6.61 Å². The van der Waals surface area contributed by atoms with E-state index in [0.29, 0.717) is 17.9 Å². The van der Waals surface area contributed by atoms with Crippen molar-refractivity contribution in [3.63, 3.8) is 0 Å². The van der Waals surface area contributed by atoms with Gasteiger partial charge in [0.15, 0.2) is 0 Å². The van der Waals surface area contributed by atoms with E-state index in [1.165, 1.54) is 0 Å². The summed E-state index contributed by atoms with van der Waals surface area (Å²) < 4.78 is 13.5. The summed E-state index contributed by atoms with van der Waals surface area (Å²) in [5.74, 6) is 1.32. The molecule has 0 saturated heterocycles. The summed E-state index contributed by atoms with van der Waals surface area (Å²) >= 11 is 0. The second-order valence-corrected chi connectivity index (χ2v) is 8.01. The zero-order valence-electron chi connectivity index (χ0n) is 19.1. The van der Waals surface area contributed by atoms with E-state index < -0.39 is 0 Å². The number of benzene rings is 3. The highest BCUT2D eigenvalue weighted by molar-refractivity contribution is 5.94. The number of methoxy groups -OCH3 is 1. The molecular weight excluding hydrogens is 412 g/mol. The molecular formula is C28H28N2O3. The Hall–Kier alpha value is -3.99. The summed E-state index contributed by atoms with van der Waals surface area (Å²) in [7, 11) is 1.62. The van der Waals surface area contributed by atoms with Crippen molar-refractivity contribution in [2.24, 2.45) is 0 Å². The van der Waals surface area contributed by atoms with Gasteiger partial charge in [0.2, 0.25) is 0 Å². The number of ether oxygens (including phenoxy) is 2. The van der Waals surface area contributed by atoms with E-state index in [2.05, 4.69) is 11.4 Å². The van der Waals surface area contributed by atoms with E-state index in [1.54, 1.807) is 19.2 Å². The van der Waals surface area contributed by atoms with Crippen molar-refractivity contribution >= 4 is 5.91 Å². The predicted octanol–water partition coefficient (Wildman–Crippen LogP) is 5.86. The molecule has 0 spiro atoms. The van der Waals surface area contributed by atoms with Crippen LogP contribution in [0.15, 0.2) is 91.3 Å². The molecule has 0 saturated carbocycles. The molecule has 4 aromatic rings. The number of nitrogens with one attached hydrogen (secondary N) is 1. The van der Waals surface area contributed by atoms with Crippen LogP contribution in [0, 0.1) is 6.92 Å². The van der Waals surface area contributed by atoms with Crippen LogP contribution in [0.25, 0.3) is 5.69 Å². The maximum atomic E-state index is 13.0. The number of carbonyl (C=O) groups is 1. The van der Waals surface area contributed by atoms with E-state index in [0.717, 1.165) is 28.1 Å². The lowest BCUT2D eigenvalue weighted by molar-refractivity contribution is 0.0939. The molecule has 0 aliphatic heterocycles. The van der Waals surface area contributed by atoms with Crippen molar-refractivity contribution in [2.75, 3.05) is 7.11 Å². The third-order valence-corrected chi connectivity index (χ3v) is 5.55. The van der Waals surface area contributed by atoms with Crippen LogP contribution in [-0.4, -0.2) is 17.6 Å². The molecule has 0 aliphatic rings. The van der Waals surface area contributed by atoms with Crippen LogP contribution < -0.4 is 14.8 Å². The normalized spacial score (nSPS) is 11.6. The molecule has 168 valence electrons. The average Bonchev–Trinajstić information content (AvgIpc) is 3.38. The number of amides is 1. The van der Waals surface area contributed by atoms with Crippen LogP contribution in [0.3, 0.4) is 0 Å². The van der Waals surface area contributed by atoms with Gasteiger partial charge in [-0.15, -0.1) is 0 Å². The molecule has 33 heavy (non-hydrogen) atoms. The summed E-state index contributed by atoms with van der Waals surface area (Å²) in [5.41, 5.74) is 4.59. The van der Waals surface area contributed by atoms with Gasteiger partial charge in [0.1, 0.15) is 18.1 Å². The Morgan fingerprint density at radius 1 is 0.970 bits per heavy atom. The van der Waals surface area contributed by atoms with Gasteiger partial charge in [-0.3, -0.25) is 4.79 Å². The minimum Gasteiger partial charge on any atom is -0.496 e. The predicted molar refractivity (Wildman–Crippen MR) is 130 cm³/mol. The van der Waals surface area contributed by atoms with Crippen LogP contribution in [0.4, 0.5) is 0 Å². The molecule has 0 radical (unpaired) electrons. The summed E-state index contributed by atoms with van der Waals surface area (Å²) in [4.78, 5) is 13.0. The smallest absolute Gasteiger partial charge is 0.251 e. The fourth-order valence-electron chi connectivity index (χ4n) is 3.72. The Labute approximate surface area is 194 Å². The summed E-state index contributed by atoms with van der Waals surface area (Å²) in [5, 5.41) is 3.10. The first-order valence-electron chi connectivity index (χ1n) is 10.9. The first-order valence-corrected chi connectivity index (χ1v) is 10.9. The lowest BCUT2D eigenvalue weighted by atomic mass is 10.1. The number of hydrogen-bond acceptors (Lipinski definition) is 3. The molecule has 1 atom stereocenters. The number of rotatable bonds is 8. The van der Waals surface area contributed by atoms with Gasteiger partial charge in [-0.2, -0.15) is 0 Å². The third-order valence-electron chi connectivity index (χ3n) is 5.55. The van der Waals surface area contributed by atoms with E-state index in [1.807, 2.05) is 91.5 Å². The Kier molecular flexibility index (Phi) is 6.79. The second-order valence-electron chi connectivity index (χ2n) is 8.01. The van der Waals surface area contributed by atoms with Crippen molar-refractivity contribution in [1.29, 1.82) is 0 Å². The van der Waals surface area contributed by atoms with Crippen molar-refractivity contribution in [3.8, 4) is 17.2 Å². The first-order chi connectivity index (χ1) is 16.0. The molecule has 1 amide bonds. The molecule has 5 heteroatoms. The summed E-state index contributed by atoms with van der Waals surface area (Å²) in [6, 6.07) is 25.3. The SMILES string of the molecule is COc1ccc(C(=O)N[C@@H](C)c2cccc(-n3cccc3)c2)cc1COc1cccc(C)c1. The minimum absolute atomic E-state index is 0.145. The average molecular weight is 441 g/mol. The van der Waals surface area contributed by atoms with Gasteiger partial charge in [-0.25, -0.2) is 0 Å². The molecule has 0 bridgehead atoms. The maximum absolute atomic E-state index is 13.0. The zero-order valence-corrected chi connectivity index (χ0v) is 19.1.